The third kappa shape index (κ3) is 4.64. The Hall–Kier alpha value is -3.35. The first-order valence-corrected chi connectivity index (χ1v) is 12.6. The van der Waals surface area contributed by atoms with Crippen molar-refractivity contribution in [1.29, 1.82) is 0 Å². The zero-order chi connectivity index (χ0) is 24.4. The second kappa shape index (κ2) is 9.72. The van der Waals surface area contributed by atoms with Gasteiger partial charge in [-0.15, -0.1) is 0 Å². The number of ether oxygens (including phenoxy) is 1. The number of benzene rings is 2. The Balaban J connectivity index is 1.17. The van der Waals surface area contributed by atoms with Gasteiger partial charge in [-0.25, -0.2) is 9.59 Å². The molecule has 7 nitrogen and oxygen atoms in total. The highest BCUT2D eigenvalue weighted by Gasteiger charge is 2.44. The molecule has 0 saturated heterocycles. The van der Waals surface area contributed by atoms with E-state index in [-0.39, 0.29) is 30.4 Å². The molecule has 2 aromatic rings. The second-order valence-electron chi connectivity index (χ2n) is 10.1. The zero-order valence-electron chi connectivity index (χ0n) is 19.8. The SMILES string of the molecule is O=C(N[C@H]1CCC[C@@H](C(=O)NC2(C(=O)O)CCCC2)C1)OCC1c2ccccc2-c2ccccc21. The number of hydrogen-bond donors (Lipinski definition) is 3. The topological polar surface area (TPSA) is 105 Å². The molecule has 0 unspecified atom stereocenters. The number of rotatable bonds is 6. The monoisotopic (exact) mass is 476 g/mol. The summed E-state index contributed by atoms with van der Waals surface area (Å²) in [7, 11) is 0. The molecule has 3 N–H and O–H groups in total. The molecule has 184 valence electrons. The largest absolute Gasteiger partial charge is 0.480 e. The predicted molar refractivity (Wildman–Crippen MR) is 131 cm³/mol. The van der Waals surface area contributed by atoms with Gasteiger partial charge in [0.1, 0.15) is 12.1 Å². The molecule has 3 aliphatic rings. The lowest BCUT2D eigenvalue weighted by Gasteiger charge is -2.32. The average molecular weight is 477 g/mol. The number of alkyl carbamates (subject to hydrolysis) is 1. The van der Waals surface area contributed by atoms with Gasteiger partial charge in [-0.2, -0.15) is 0 Å². The number of fused-ring (bicyclic) bond motifs is 3. The maximum Gasteiger partial charge on any atom is 0.407 e. The van der Waals surface area contributed by atoms with Gasteiger partial charge in [0.25, 0.3) is 0 Å². The Morgan fingerprint density at radius 3 is 2.17 bits per heavy atom. The summed E-state index contributed by atoms with van der Waals surface area (Å²) in [4.78, 5) is 37.4. The number of amides is 2. The quantitative estimate of drug-likeness (QED) is 0.565. The van der Waals surface area contributed by atoms with Crippen LogP contribution in [0, 0.1) is 5.92 Å². The summed E-state index contributed by atoms with van der Waals surface area (Å²) in [5, 5.41) is 15.4. The summed E-state index contributed by atoms with van der Waals surface area (Å²) in [6, 6.07) is 16.2. The van der Waals surface area contributed by atoms with Gasteiger partial charge in [-0.3, -0.25) is 4.79 Å². The van der Waals surface area contributed by atoms with Crippen molar-refractivity contribution in [3.05, 3.63) is 59.7 Å². The van der Waals surface area contributed by atoms with E-state index >= 15 is 0 Å². The van der Waals surface area contributed by atoms with Crippen LogP contribution in [0.25, 0.3) is 11.1 Å². The molecule has 7 heteroatoms. The molecule has 5 rings (SSSR count). The lowest BCUT2D eigenvalue weighted by Crippen LogP contribution is -2.55. The summed E-state index contributed by atoms with van der Waals surface area (Å²) in [5.41, 5.74) is 3.55. The minimum atomic E-state index is -1.13. The van der Waals surface area contributed by atoms with E-state index in [2.05, 4.69) is 34.9 Å². The number of nitrogens with one attached hydrogen (secondary N) is 2. The third-order valence-corrected chi connectivity index (χ3v) is 7.94. The summed E-state index contributed by atoms with van der Waals surface area (Å²) in [6.07, 6.45) is 4.85. The molecule has 3 aliphatic carbocycles. The van der Waals surface area contributed by atoms with E-state index in [1.807, 2.05) is 24.3 Å². The van der Waals surface area contributed by atoms with Gasteiger partial charge in [0, 0.05) is 17.9 Å². The lowest BCUT2D eigenvalue weighted by atomic mass is 9.84. The van der Waals surface area contributed by atoms with Gasteiger partial charge >= 0.3 is 12.1 Å². The van der Waals surface area contributed by atoms with Crippen LogP contribution in [0.3, 0.4) is 0 Å². The van der Waals surface area contributed by atoms with Crippen LogP contribution in [0.4, 0.5) is 4.79 Å². The van der Waals surface area contributed by atoms with Crippen LogP contribution in [0.1, 0.15) is 68.4 Å². The smallest absolute Gasteiger partial charge is 0.407 e. The molecule has 0 aliphatic heterocycles. The van der Waals surface area contributed by atoms with E-state index in [4.69, 9.17) is 4.74 Å². The maximum atomic E-state index is 12.9. The summed E-state index contributed by atoms with van der Waals surface area (Å²) >= 11 is 0. The zero-order valence-corrected chi connectivity index (χ0v) is 19.8. The summed E-state index contributed by atoms with van der Waals surface area (Å²) in [5.74, 6) is -1.48. The molecule has 0 radical (unpaired) electrons. The Morgan fingerprint density at radius 1 is 0.914 bits per heavy atom. The highest BCUT2D eigenvalue weighted by atomic mass is 16.5. The van der Waals surface area contributed by atoms with Gasteiger partial charge in [-0.05, 0) is 54.4 Å². The van der Waals surface area contributed by atoms with E-state index < -0.39 is 17.6 Å². The van der Waals surface area contributed by atoms with Crippen LogP contribution >= 0.6 is 0 Å². The third-order valence-electron chi connectivity index (χ3n) is 7.94. The van der Waals surface area contributed by atoms with Gasteiger partial charge in [-0.1, -0.05) is 67.8 Å². The van der Waals surface area contributed by atoms with E-state index in [1.54, 1.807) is 0 Å². The molecule has 35 heavy (non-hydrogen) atoms. The van der Waals surface area contributed by atoms with Crippen LogP contribution in [0.5, 0.6) is 0 Å². The van der Waals surface area contributed by atoms with Gasteiger partial charge < -0.3 is 20.5 Å². The van der Waals surface area contributed by atoms with Crippen LogP contribution in [-0.4, -0.2) is 41.3 Å². The van der Waals surface area contributed by atoms with Crippen molar-refractivity contribution in [2.75, 3.05) is 6.61 Å². The van der Waals surface area contributed by atoms with Crippen molar-refractivity contribution in [3.8, 4) is 11.1 Å². The first kappa shape index (κ1) is 23.4. The predicted octanol–water partition coefficient (Wildman–Crippen LogP) is 4.60. The Bertz CT molecular complexity index is 1080. The molecule has 2 amide bonds. The van der Waals surface area contributed by atoms with E-state index in [9.17, 15) is 19.5 Å². The van der Waals surface area contributed by atoms with Crippen molar-refractivity contribution < 1.29 is 24.2 Å². The average Bonchev–Trinajstić information content (AvgIpc) is 3.47. The highest BCUT2D eigenvalue weighted by molar-refractivity contribution is 5.88. The molecule has 0 bridgehead atoms. The molecular weight excluding hydrogens is 444 g/mol. The van der Waals surface area contributed by atoms with E-state index in [0.29, 0.717) is 25.7 Å². The van der Waals surface area contributed by atoms with Crippen LogP contribution in [-0.2, 0) is 14.3 Å². The molecule has 2 aromatic carbocycles. The van der Waals surface area contributed by atoms with Gasteiger partial charge in [0.05, 0.1) is 0 Å². The first-order valence-electron chi connectivity index (χ1n) is 12.6. The Labute approximate surface area is 205 Å². The van der Waals surface area contributed by atoms with Crippen molar-refractivity contribution in [2.24, 2.45) is 5.92 Å². The fourth-order valence-corrected chi connectivity index (χ4v) is 6.07. The fourth-order valence-electron chi connectivity index (χ4n) is 6.07. The molecule has 0 spiro atoms. The minimum Gasteiger partial charge on any atom is -0.480 e. The lowest BCUT2D eigenvalue weighted by molar-refractivity contribution is -0.148. The van der Waals surface area contributed by atoms with Gasteiger partial charge in [0.15, 0.2) is 0 Å². The molecule has 2 atom stereocenters. The Kier molecular flexibility index (Phi) is 6.50. The number of carboxylic acids is 1. The van der Waals surface area contributed by atoms with Crippen LogP contribution in [0.15, 0.2) is 48.5 Å². The number of carbonyl (C=O) groups is 3. The highest BCUT2D eigenvalue weighted by Crippen LogP contribution is 2.44. The van der Waals surface area contributed by atoms with Crippen LogP contribution in [0.2, 0.25) is 0 Å². The van der Waals surface area contributed by atoms with E-state index in [1.165, 1.54) is 11.1 Å². The number of carboxylic acid groups (broad SMARTS) is 1. The maximum absolute atomic E-state index is 12.9. The van der Waals surface area contributed by atoms with Gasteiger partial charge in [0.2, 0.25) is 5.91 Å². The molecular formula is C28H32N2O5. The fraction of sp³-hybridized carbons (Fsp3) is 0.464. The number of carbonyl (C=O) groups excluding carboxylic acids is 2. The van der Waals surface area contributed by atoms with Crippen molar-refractivity contribution in [1.82, 2.24) is 10.6 Å². The molecule has 2 saturated carbocycles. The van der Waals surface area contributed by atoms with Crippen LogP contribution < -0.4 is 10.6 Å². The standard InChI is InChI=1S/C28H32N2O5/c31-25(30-28(26(32)33)14-5-6-15-28)18-8-7-9-19(16-18)29-27(34)35-17-24-22-12-3-1-10-20(22)21-11-2-4-13-23(21)24/h1-4,10-13,18-19,24H,5-9,14-17H2,(H,29,34)(H,30,31)(H,32,33)/t18-,19+/m1/s1. The number of aliphatic carboxylic acids is 1. The molecule has 0 heterocycles. The molecule has 2 fully saturated rings. The number of hydrogen-bond acceptors (Lipinski definition) is 4. The minimum absolute atomic E-state index is 0.00310. The normalized spacial score (nSPS) is 22.6. The van der Waals surface area contributed by atoms with E-state index in [0.717, 1.165) is 36.8 Å². The Morgan fingerprint density at radius 2 is 1.54 bits per heavy atom. The van der Waals surface area contributed by atoms with Crippen molar-refractivity contribution >= 4 is 18.0 Å². The second-order valence-corrected chi connectivity index (χ2v) is 10.1. The van der Waals surface area contributed by atoms with Crippen molar-refractivity contribution in [2.45, 2.75) is 68.9 Å². The summed E-state index contributed by atoms with van der Waals surface area (Å²) < 4.78 is 5.66. The molecule has 0 aromatic heterocycles. The first-order chi connectivity index (χ1) is 17.0. The van der Waals surface area contributed by atoms with Crippen molar-refractivity contribution in [3.63, 3.8) is 0 Å². The summed E-state index contributed by atoms with van der Waals surface area (Å²) in [6.45, 7) is 0.248.